The van der Waals surface area contributed by atoms with Gasteiger partial charge in [-0.1, -0.05) is 30.4 Å². The van der Waals surface area contributed by atoms with Crippen LogP contribution in [0.2, 0.25) is 0 Å². The first-order chi connectivity index (χ1) is 7.84. The van der Waals surface area contributed by atoms with E-state index in [0.29, 0.717) is 12.3 Å². The molecule has 0 spiro atoms. The number of para-hydroxylation sites is 1. The summed E-state index contributed by atoms with van der Waals surface area (Å²) in [4.78, 5) is 11.7. The lowest BCUT2D eigenvalue weighted by atomic mass is 9.93. The summed E-state index contributed by atoms with van der Waals surface area (Å²) >= 11 is 0. The van der Waals surface area contributed by atoms with Gasteiger partial charge in [0.1, 0.15) is 0 Å². The molecule has 16 heavy (non-hydrogen) atoms. The van der Waals surface area contributed by atoms with Crippen LogP contribution in [0.1, 0.15) is 25.7 Å². The normalized spacial score (nSPS) is 19.4. The highest BCUT2D eigenvalue weighted by Gasteiger charge is 2.12. The van der Waals surface area contributed by atoms with Crippen molar-refractivity contribution in [3.63, 3.8) is 0 Å². The first-order valence-electron chi connectivity index (χ1n) is 5.86. The van der Waals surface area contributed by atoms with Crippen molar-refractivity contribution in [2.24, 2.45) is 5.92 Å². The summed E-state index contributed by atoms with van der Waals surface area (Å²) in [5.74, 6) is 0.542. The fourth-order valence-electron chi connectivity index (χ4n) is 2.02. The molecule has 0 unspecified atom stereocenters. The lowest BCUT2D eigenvalue weighted by Gasteiger charge is -2.15. The maximum atomic E-state index is 11.7. The predicted molar refractivity (Wildman–Crippen MR) is 66.2 cm³/mol. The zero-order valence-corrected chi connectivity index (χ0v) is 9.36. The molecule has 84 valence electrons. The Morgan fingerprint density at radius 3 is 2.81 bits per heavy atom. The zero-order chi connectivity index (χ0) is 11.2. The van der Waals surface area contributed by atoms with Gasteiger partial charge in [-0.2, -0.15) is 0 Å². The average Bonchev–Trinajstić information content (AvgIpc) is 2.31. The number of benzene rings is 1. The molecule has 1 aromatic rings. The number of carbonyl (C=O) groups excluding carboxylic acids is 1. The lowest BCUT2D eigenvalue weighted by Crippen LogP contribution is -2.16. The van der Waals surface area contributed by atoms with Crippen LogP contribution in [-0.2, 0) is 4.79 Å². The van der Waals surface area contributed by atoms with Crippen molar-refractivity contribution < 1.29 is 4.79 Å². The molecule has 0 radical (unpaired) electrons. The molecular weight excluding hydrogens is 198 g/mol. The molecule has 1 atom stereocenters. The van der Waals surface area contributed by atoms with Gasteiger partial charge in [0, 0.05) is 12.1 Å². The van der Waals surface area contributed by atoms with Crippen molar-refractivity contribution in [2.45, 2.75) is 25.7 Å². The van der Waals surface area contributed by atoms with Gasteiger partial charge in [-0.15, -0.1) is 0 Å². The minimum absolute atomic E-state index is 0.114. The Hall–Kier alpha value is -1.57. The Morgan fingerprint density at radius 1 is 1.31 bits per heavy atom. The third-order valence-electron chi connectivity index (χ3n) is 2.86. The molecule has 0 heterocycles. The number of anilines is 1. The summed E-state index contributed by atoms with van der Waals surface area (Å²) in [5, 5.41) is 2.92. The minimum Gasteiger partial charge on any atom is -0.326 e. The maximum Gasteiger partial charge on any atom is 0.224 e. The fourth-order valence-corrected chi connectivity index (χ4v) is 2.02. The van der Waals surface area contributed by atoms with Crippen LogP contribution in [0.4, 0.5) is 5.69 Å². The topological polar surface area (TPSA) is 29.1 Å². The first kappa shape index (κ1) is 10.9. The van der Waals surface area contributed by atoms with Crippen molar-refractivity contribution in [2.75, 3.05) is 5.32 Å². The number of allylic oxidation sites excluding steroid dienone is 2. The molecule has 0 bridgehead atoms. The summed E-state index contributed by atoms with van der Waals surface area (Å²) < 4.78 is 0. The van der Waals surface area contributed by atoms with E-state index in [2.05, 4.69) is 17.5 Å². The summed E-state index contributed by atoms with van der Waals surface area (Å²) in [6, 6.07) is 9.62. The van der Waals surface area contributed by atoms with Gasteiger partial charge >= 0.3 is 0 Å². The minimum atomic E-state index is 0.114. The smallest absolute Gasteiger partial charge is 0.224 e. The van der Waals surface area contributed by atoms with E-state index in [1.54, 1.807) is 0 Å². The van der Waals surface area contributed by atoms with E-state index < -0.39 is 0 Å². The SMILES string of the molecule is O=C(C[C@@H]1C=CCCC1)Nc1ccccc1. The Balaban J connectivity index is 1.84. The van der Waals surface area contributed by atoms with Crippen molar-refractivity contribution >= 4 is 11.6 Å². The van der Waals surface area contributed by atoms with E-state index in [0.717, 1.165) is 18.5 Å². The van der Waals surface area contributed by atoms with Crippen LogP contribution >= 0.6 is 0 Å². The van der Waals surface area contributed by atoms with Gasteiger partial charge in [0.15, 0.2) is 0 Å². The van der Waals surface area contributed by atoms with Crippen molar-refractivity contribution in [3.05, 3.63) is 42.5 Å². The molecule has 1 N–H and O–H groups in total. The highest BCUT2D eigenvalue weighted by Crippen LogP contribution is 2.20. The van der Waals surface area contributed by atoms with E-state index in [-0.39, 0.29) is 5.91 Å². The Bertz CT molecular complexity index is 370. The molecule has 1 aliphatic carbocycles. The first-order valence-corrected chi connectivity index (χ1v) is 5.86. The molecule has 2 heteroatoms. The van der Waals surface area contributed by atoms with Gasteiger partial charge in [-0.25, -0.2) is 0 Å². The van der Waals surface area contributed by atoms with Crippen LogP contribution in [0.15, 0.2) is 42.5 Å². The highest BCUT2D eigenvalue weighted by atomic mass is 16.1. The monoisotopic (exact) mass is 215 g/mol. The second-order valence-electron chi connectivity index (χ2n) is 4.24. The molecule has 1 aromatic carbocycles. The molecule has 0 fully saturated rings. The van der Waals surface area contributed by atoms with Crippen molar-refractivity contribution in [1.29, 1.82) is 0 Å². The van der Waals surface area contributed by atoms with Gasteiger partial charge in [0.25, 0.3) is 0 Å². The van der Waals surface area contributed by atoms with Gasteiger partial charge < -0.3 is 5.32 Å². The third kappa shape index (κ3) is 3.23. The summed E-state index contributed by atoms with van der Waals surface area (Å²) in [7, 11) is 0. The Morgan fingerprint density at radius 2 is 2.12 bits per heavy atom. The van der Waals surface area contributed by atoms with Gasteiger partial charge in [0.05, 0.1) is 0 Å². The number of amides is 1. The van der Waals surface area contributed by atoms with E-state index in [9.17, 15) is 4.79 Å². The third-order valence-corrected chi connectivity index (χ3v) is 2.86. The number of carbonyl (C=O) groups is 1. The maximum absolute atomic E-state index is 11.7. The second-order valence-corrected chi connectivity index (χ2v) is 4.24. The van der Waals surface area contributed by atoms with E-state index in [1.165, 1.54) is 6.42 Å². The summed E-state index contributed by atoms with van der Waals surface area (Å²) in [6.45, 7) is 0. The molecule has 2 nitrogen and oxygen atoms in total. The number of hydrogen-bond donors (Lipinski definition) is 1. The average molecular weight is 215 g/mol. The second kappa shape index (κ2) is 5.50. The van der Waals surface area contributed by atoms with Crippen LogP contribution in [0, 0.1) is 5.92 Å². The van der Waals surface area contributed by atoms with Crippen LogP contribution in [0.25, 0.3) is 0 Å². The summed E-state index contributed by atoms with van der Waals surface area (Å²) in [5.41, 5.74) is 0.882. The number of nitrogens with one attached hydrogen (secondary N) is 1. The van der Waals surface area contributed by atoms with Gasteiger partial charge in [0.2, 0.25) is 5.91 Å². The molecule has 2 rings (SSSR count). The molecule has 0 aromatic heterocycles. The molecular formula is C14H17NO. The molecule has 1 amide bonds. The quantitative estimate of drug-likeness (QED) is 0.769. The zero-order valence-electron chi connectivity index (χ0n) is 9.36. The van der Waals surface area contributed by atoms with Crippen molar-refractivity contribution in [1.82, 2.24) is 0 Å². The summed E-state index contributed by atoms with van der Waals surface area (Å²) in [6.07, 6.45) is 8.47. The standard InChI is InChI=1S/C14H17NO/c16-14(11-12-7-3-1-4-8-12)15-13-9-5-2-6-10-13/h2-3,5-7,9-10,12H,1,4,8,11H2,(H,15,16)/t12-/m1/s1. The van der Waals surface area contributed by atoms with E-state index >= 15 is 0 Å². The van der Waals surface area contributed by atoms with Crippen LogP contribution in [-0.4, -0.2) is 5.91 Å². The van der Waals surface area contributed by atoms with Crippen LogP contribution in [0.5, 0.6) is 0 Å². The Labute approximate surface area is 96.4 Å². The number of hydrogen-bond acceptors (Lipinski definition) is 1. The molecule has 1 aliphatic rings. The Kier molecular flexibility index (Phi) is 3.76. The molecule has 0 aliphatic heterocycles. The highest BCUT2D eigenvalue weighted by molar-refractivity contribution is 5.90. The van der Waals surface area contributed by atoms with E-state index in [1.807, 2.05) is 30.3 Å². The lowest BCUT2D eigenvalue weighted by molar-refractivity contribution is -0.116. The van der Waals surface area contributed by atoms with Gasteiger partial charge in [-0.05, 0) is 37.3 Å². The number of rotatable bonds is 3. The largest absolute Gasteiger partial charge is 0.326 e. The van der Waals surface area contributed by atoms with Crippen molar-refractivity contribution in [3.8, 4) is 0 Å². The predicted octanol–water partition coefficient (Wildman–Crippen LogP) is 3.37. The molecule has 0 saturated heterocycles. The van der Waals surface area contributed by atoms with Gasteiger partial charge in [-0.3, -0.25) is 4.79 Å². The fraction of sp³-hybridized carbons (Fsp3) is 0.357. The van der Waals surface area contributed by atoms with E-state index in [4.69, 9.17) is 0 Å². The van der Waals surface area contributed by atoms with Crippen LogP contribution < -0.4 is 5.32 Å². The van der Waals surface area contributed by atoms with Crippen LogP contribution in [0.3, 0.4) is 0 Å². The molecule has 0 saturated carbocycles.